The largest absolute Gasteiger partial charge is 0.460 e. The lowest BCUT2D eigenvalue weighted by Gasteiger charge is -2.38. The Morgan fingerprint density at radius 2 is 1.76 bits per heavy atom. The van der Waals surface area contributed by atoms with Crippen LogP contribution in [0.25, 0.3) is 5.65 Å². The van der Waals surface area contributed by atoms with Crippen LogP contribution in [0.15, 0.2) is 36.7 Å². The van der Waals surface area contributed by atoms with Crippen LogP contribution in [0, 0.1) is 24.7 Å². The number of carbonyl (C=O) groups excluding carboxylic acids is 2. The highest BCUT2D eigenvalue weighted by atomic mass is 16.6. The van der Waals surface area contributed by atoms with Gasteiger partial charge in [-0.05, 0) is 76.6 Å². The fourth-order valence-corrected chi connectivity index (χ4v) is 5.17. The summed E-state index contributed by atoms with van der Waals surface area (Å²) in [5.74, 6) is 0.775. The van der Waals surface area contributed by atoms with Crippen LogP contribution in [0.4, 0.5) is 11.5 Å². The molecule has 178 valence electrons. The molecule has 5 rings (SSSR count). The predicted octanol–water partition coefficient (Wildman–Crippen LogP) is 3.49. The molecule has 1 amide bonds. The number of amides is 1. The minimum atomic E-state index is -0.473. The van der Waals surface area contributed by atoms with Crippen molar-refractivity contribution in [3.8, 4) is 0 Å². The minimum absolute atomic E-state index is 0.0508. The van der Waals surface area contributed by atoms with Crippen LogP contribution in [0.2, 0.25) is 0 Å². The zero-order valence-electron chi connectivity index (χ0n) is 20.0. The van der Waals surface area contributed by atoms with E-state index in [1.165, 1.54) is 0 Å². The number of nitrogens with zero attached hydrogens (tertiary/aromatic N) is 5. The quantitative estimate of drug-likeness (QED) is 0.592. The Morgan fingerprint density at radius 1 is 1.03 bits per heavy atom. The maximum Gasteiger partial charge on any atom is 0.310 e. The van der Waals surface area contributed by atoms with Crippen molar-refractivity contribution in [1.82, 2.24) is 19.6 Å². The number of hydrogen-bond acceptors (Lipinski definition) is 7. The van der Waals surface area contributed by atoms with Crippen molar-refractivity contribution >= 4 is 29.0 Å². The molecule has 1 saturated heterocycles. The average molecular weight is 463 g/mol. The van der Waals surface area contributed by atoms with Gasteiger partial charge in [-0.2, -0.15) is 0 Å². The van der Waals surface area contributed by atoms with Crippen LogP contribution in [-0.4, -0.2) is 50.1 Å². The van der Waals surface area contributed by atoms with Gasteiger partial charge in [0.15, 0.2) is 11.5 Å². The lowest BCUT2D eigenvalue weighted by Crippen LogP contribution is -2.46. The number of carbonyl (C=O) groups is 2. The first-order valence-corrected chi connectivity index (χ1v) is 11.7. The van der Waals surface area contributed by atoms with Gasteiger partial charge in [-0.15, -0.1) is 10.2 Å². The van der Waals surface area contributed by atoms with Crippen molar-refractivity contribution in [3.05, 3.63) is 48.0 Å². The van der Waals surface area contributed by atoms with Crippen molar-refractivity contribution in [2.75, 3.05) is 23.3 Å². The number of aromatic nitrogens is 4. The van der Waals surface area contributed by atoms with Crippen LogP contribution in [0.5, 0.6) is 0 Å². The van der Waals surface area contributed by atoms with Crippen molar-refractivity contribution in [1.29, 1.82) is 0 Å². The zero-order chi connectivity index (χ0) is 24.0. The topological polar surface area (TPSA) is 102 Å². The number of aryl methyl sites for hydroxylation is 1. The van der Waals surface area contributed by atoms with Crippen molar-refractivity contribution in [3.63, 3.8) is 0 Å². The van der Waals surface area contributed by atoms with Crippen molar-refractivity contribution < 1.29 is 14.3 Å². The second-order valence-electron chi connectivity index (χ2n) is 10.4. The molecule has 4 heterocycles. The summed E-state index contributed by atoms with van der Waals surface area (Å²) in [7, 11) is 0. The summed E-state index contributed by atoms with van der Waals surface area (Å²) in [5.41, 5.74) is 2.16. The standard InChI is InChI=1S/C25H30N6O3/c1-15-11-30-14-18(7-9-20(30)26-15)27-23(32)19-8-10-21(29-28-19)31-12-16-5-6-17(13-31)22(16)24(33)34-25(2,3)4/h7-11,14,16-17,22H,5-6,12-13H2,1-4H3,(H,27,32). The number of pyridine rings is 1. The second kappa shape index (κ2) is 8.38. The number of hydrogen-bond donors (Lipinski definition) is 1. The maximum absolute atomic E-state index is 12.7. The molecule has 2 fully saturated rings. The van der Waals surface area contributed by atoms with Crippen LogP contribution < -0.4 is 10.2 Å². The van der Waals surface area contributed by atoms with E-state index in [1.54, 1.807) is 6.07 Å². The van der Waals surface area contributed by atoms with Crippen LogP contribution in [0.3, 0.4) is 0 Å². The van der Waals surface area contributed by atoms with E-state index in [2.05, 4.69) is 25.4 Å². The minimum Gasteiger partial charge on any atom is -0.460 e. The highest BCUT2D eigenvalue weighted by Crippen LogP contribution is 2.43. The smallest absolute Gasteiger partial charge is 0.310 e. The normalized spacial score (nSPS) is 22.1. The molecule has 1 saturated carbocycles. The molecule has 0 aromatic carbocycles. The average Bonchev–Trinajstić information content (AvgIpc) is 3.27. The Morgan fingerprint density at radius 3 is 2.41 bits per heavy atom. The van der Waals surface area contributed by atoms with Gasteiger partial charge in [0.1, 0.15) is 11.2 Å². The van der Waals surface area contributed by atoms with E-state index in [-0.39, 0.29) is 35.3 Å². The molecule has 0 spiro atoms. The first-order chi connectivity index (χ1) is 16.2. The van der Waals surface area contributed by atoms with Gasteiger partial charge >= 0.3 is 5.97 Å². The van der Waals surface area contributed by atoms with E-state index < -0.39 is 5.60 Å². The number of esters is 1. The molecular weight excluding hydrogens is 432 g/mol. The molecule has 1 N–H and O–H groups in total. The van der Waals surface area contributed by atoms with Gasteiger partial charge < -0.3 is 19.4 Å². The number of anilines is 2. The van der Waals surface area contributed by atoms with Gasteiger partial charge in [0.25, 0.3) is 5.91 Å². The monoisotopic (exact) mass is 462 g/mol. The molecule has 2 aliphatic rings. The summed E-state index contributed by atoms with van der Waals surface area (Å²) in [6.07, 6.45) is 5.75. The summed E-state index contributed by atoms with van der Waals surface area (Å²) in [4.78, 5) is 32.0. The number of fused-ring (bicyclic) bond motifs is 3. The molecule has 9 nitrogen and oxygen atoms in total. The lowest BCUT2D eigenvalue weighted by atomic mass is 9.85. The van der Waals surface area contributed by atoms with Gasteiger partial charge in [-0.3, -0.25) is 9.59 Å². The van der Waals surface area contributed by atoms with E-state index in [1.807, 2.05) is 62.7 Å². The molecule has 3 aromatic rings. The first-order valence-electron chi connectivity index (χ1n) is 11.7. The molecule has 2 unspecified atom stereocenters. The number of piperidine rings is 1. The molecule has 3 aromatic heterocycles. The van der Waals surface area contributed by atoms with Crippen LogP contribution in [-0.2, 0) is 9.53 Å². The number of rotatable bonds is 4. The number of nitrogens with one attached hydrogen (secondary N) is 1. The number of ether oxygens (including phenoxy) is 1. The van der Waals surface area contributed by atoms with Crippen molar-refractivity contribution in [2.24, 2.45) is 17.8 Å². The van der Waals surface area contributed by atoms with Gasteiger partial charge in [-0.25, -0.2) is 4.98 Å². The molecular formula is C25H30N6O3. The highest BCUT2D eigenvalue weighted by molar-refractivity contribution is 6.02. The molecule has 2 bridgehead atoms. The summed E-state index contributed by atoms with van der Waals surface area (Å²) < 4.78 is 7.55. The van der Waals surface area contributed by atoms with E-state index in [4.69, 9.17) is 4.74 Å². The molecule has 2 atom stereocenters. The Balaban J connectivity index is 1.24. The van der Waals surface area contributed by atoms with Crippen LogP contribution >= 0.6 is 0 Å². The van der Waals surface area contributed by atoms with Crippen molar-refractivity contribution in [2.45, 2.75) is 46.1 Å². The number of imidazole rings is 1. The van der Waals surface area contributed by atoms with Gasteiger partial charge in [0.2, 0.25) is 0 Å². The summed E-state index contributed by atoms with van der Waals surface area (Å²) in [6, 6.07) is 7.19. The Labute approximate surface area is 198 Å². The molecule has 34 heavy (non-hydrogen) atoms. The molecule has 1 aliphatic carbocycles. The van der Waals surface area contributed by atoms with Crippen LogP contribution in [0.1, 0.15) is 49.8 Å². The highest BCUT2D eigenvalue weighted by Gasteiger charge is 2.47. The van der Waals surface area contributed by atoms with E-state index in [9.17, 15) is 9.59 Å². The lowest BCUT2D eigenvalue weighted by molar-refractivity contribution is -0.163. The zero-order valence-corrected chi connectivity index (χ0v) is 20.0. The van der Waals surface area contributed by atoms with Gasteiger partial charge in [-0.1, -0.05) is 0 Å². The molecule has 1 aliphatic heterocycles. The summed E-state index contributed by atoms with van der Waals surface area (Å²) in [5, 5.41) is 11.4. The third kappa shape index (κ3) is 4.47. The van der Waals surface area contributed by atoms with E-state index >= 15 is 0 Å². The third-order valence-electron chi connectivity index (χ3n) is 6.55. The summed E-state index contributed by atoms with van der Waals surface area (Å²) in [6.45, 7) is 9.13. The fourth-order valence-electron chi connectivity index (χ4n) is 5.17. The predicted molar refractivity (Wildman–Crippen MR) is 128 cm³/mol. The first kappa shape index (κ1) is 22.3. The van der Waals surface area contributed by atoms with E-state index in [0.29, 0.717) is 5.69 Å². The Hall–Kier alpha value is -3.49. The Bertz CT molecular complexity index is 1220. The second-order valence-corrected chi connectivity index (χ2v) is 10.4. The maximum atomic E-state index is 12.7. The SMILES string of the molecule is Cc1cn2cc(NC(=O)c3ccc(N4CC5CCC(C4)C5C(=O)OC(C)(C)C)nn3)ccc2n1. The summed E-state index contributed by atoms with van der Waals surface area (Å²) >= 11 is 0. The third-order valence-corrected chi connectivity index (χ3v) is 6.55. The molecule has 9 heteroatoms. The van der Waals surface area contributed by atoms with Gasteiger partial charge in [0, 0.05) is 25.5 Å². The fraction of sp³-hybridized carbons (Fsp3) is 0.480. The van der Waals surface area contributed by atoms with Gasteiger partial charge in [0.05, 0.1) is 17.3 Å². The molecule has 0 radical (unpaired) electrons. The van der Waals surface area contributed by atoms with E-state index in [0.717, 1.165) is 43.1 Å². The Kier molecular flexibility index (Phi) is 5.50.